The van der Waals surface area contributed by atoms with Gasteiger partial charge in [0.2, 0.25) is 0 Å². The summed E-state index contributed by atoms with van der Waals surface area (Å²) in [5.74, 6) is -0.0268. The van der Waals surface area contributed by atoms with Crippen LogP contribution in [-0.4, -0.2) is 28.2 Å². The number of aromatic nitrogens is 2. The van der Waals surface area contributed by atoms with E-state index >= 15 is 0 Å². The molecule has 5 aromatic rings. The van der Waals surface area contributed by atoms with Gasteiger partial charge in [0, 0.05) is 0 Å². The third-order valence-electron chi connectivity index (χ3n) is 6.04. The first-order valence-electron chi connectivity index (χ1n) is 11.9. The van der Waals surface area contributed by atoms with Gasteiger partial charge in [-0.25, -0.2) is 0 Å². The molecule has 0 spiro atoms. The van der Waals surface area contributed by atoms with Crippen LogP contribution in [0, 0.1) is 20.8 Å². The number of phenols is 1. The predicted molar refractivity (Wildman–Crippen MR) is 149 cm³/mol. The molecule has 0 aliphatic carbocycles. The number of aromatic hydroxyl groups is 1. The first-order valence-corrected chi connectivity index (χ1v) is 13.3. The fraction of sp³-hybridized carbons (Fsp3) is 0.111. The SMILES string of the molecule is Cc1ccc(N=Nc2c(C)cc3cc(S(=O)(=O)O)c(N=Nc4ccccc4-c4nc(C)no4)c(O)c3c2N)cc1. The Morgan fingerprint density at radius 3 is 2.27 bits per heavy atom. The number of rotatable bonds is 6. The zero-order valence-electron chi connectivity index (χ0n) is 21.6. The van der Waals surface area contributed by atoms with Gasteiger partial charge in [0.25, 0.3) is 16.0 Å². The normalized spacial score (nSPS) is 12.2. The topological polar surface area (TPSA) is 189 Å². The van der Waals surface area contributed by atoms with E-state index in [1.165, 1.54) is 0 Å². The van der Waals surface area contributed by atoms with Gasteiger partial charge >= 0.3 is 0 Å². The van der Waals surface area contributed by atoms with Crippen LogP contribution in [0.15, 0.2) is 90.5 Å². The summed E-state index contributed by atoms with van der Waals surface area (Å²) in [7, 11) is -4.83. The summed E-state index contributed by atoms with van der Waals surface area (Å²) in [6, 6.07) is 16.8. The Kier molecular flexibility index (Phi) is 6.83. The van der Waals surface area contributed by atoms with E-state index in [9.17, 15) is 18.1 Å². The van der Waals surface area contributed by atoms with E-state index in [0.717, 1.165) is 11.6 Å². The van der Waals surface area contributed by atoms with Crippen molar-refractivity contribution in [2.45, 2.75) is 25.7 Å². The van der Waals surface area contributed by atoms with Crippen molar-refractivity contribution in [3.8, 4) is 17.2 Å². The Hall–Kier alpha value is -5.01. The highest BCUT2D eigenvalue weighted by Crippen LogP contribution is 2.47. The summed E-state index contributed by atoms with van der Waals surface area (Å²) < 4.78 is 39.8. The molecule has 4 N–H and O–H groups in total. The molecule has 0 aliphatic rings. The van der Waals surface area contributed by atoms with E-state index in [1.807, 2.05) is 19.1 Å². The van der Waals surface area contributed by atoms with E-state index in [1.54, 1.807) is 56.3 Å². The van der Waals surface area contributed by atoms with Crippen molar-refractivity contribution >= 4 is 49.3 Å². The van der Waals surface area contributed by atoms with Gasteiger partial charge in [0.1, 0.15) is 16.3 Å². The lowest BCUT2D eigenvalue weighted by molar-refractivity contribution is 0.425. The summed E-state index contributed by atoms with van der Waals surface area (Å²) in [5, 5.41) is 32.0. The molecule has 0 bridgehead atoms. The maximum absolute atomic E-state index is 12.3. The molecule has 0 atom stereocenters. The molecule has 13 heteroatoms. The minimum atomic E-state index is -4.83. The summed E-state index contributed by atoms with van der Waals surface area (Å²) in [4.78, 5) is 3.53. The molecule has 0 unspecified atom stereocenters. The maximum atomic E-state index is 12.3. The Morgan fingerprint density at radius 2 is 1.60 bits per heavy atom. The monoisotopic (exact) mass is 557 g/mol. The van der Waals surface area contributed by atoms with Gasteiger partial charge in [-0.3, -0.25) is 4.55 Å². The molecule has 0 fully saturated rings. The highest BCUT2D eigenvalue weighted by molar-refractivity contribution is 7.86. The molecule has 0 amide bonds. The molecule has 0 radical (unpaired) electrons. The fourth-order valence-corrected chi connectivity index (χ4v) is 4.74. The minimum absolute atomic E-state index is 0.0448. The zero-order chi connectivity index (χ0) is 28.6. The molecule has 4 aromatic carbocycles. The Morgan fingerprint density at radius 1 is 0.900 bits per heavy atom. The minimum Gasteiger partial charge on any atom is -0.505 e. The standard InChI is InChI=1S/C27H23N7O5S/c1-14-8-10-18(11-9-14)30-32-24-15(2)12-17-13-21(40(36,37)38)25(26(35)22(17)23(24)28)33-31-20-7-5-4-6-19(20)27-29-16(3)34-39-27/h4-13,35H,28H2,1-3H3,(H,36,37,38). The van der Waals surface area contributed by atoms with Crippen molar-refractivity contribution in [2.24, 2.45) is 20.5 Å². The van der Waals surface area contributed by atoms with E-state index in [4.69, 9.17) is 10.3 Å². The van der Waals surface area contributed by atoms with Crippen LogP contribution in [0.3, 0.4) is 0 Å². The van der Waals surface area contributed by atoms with Gasteiger partial charge in [-0.15, -0.1) is 15.3 Å². The molecule has 0 aliphatic heterocycles. The van der Waals surface area contributed by atoms with Crippen LogP contribution in [0.4, 0.5) is 28.4 Å². The summed E-state index contributed by atoms with van der Waals surface area (Å²) in [5.41, 5.74) is 9.14. The Bertz CT molecular complexity index is 1930. The molecular weight excluding hydrogens is 534 g/mol. The van der Waals surface area contributed by atoms with Gasteiger partial charge < -0.3 is 15.4 Å². The number of azo groups is 2. The molecule has 1 aromatic heterocycles. The number of hydrogen-bond donors (Lipinski definition) is 3. The highest BCUT2D eigenvalue weighted by atomic mass is 32.2. The Balaban J connectivity index is 1.67. The van der Waals surface area contributed by atoms with Crippen LogP contribution in [-0.2, 0) is 10.1 Å². The average Bonchev–Trinajstić information content (AvgIpc) is 3.34. The third-order valence-corrected chi connectivity index (χ3v) is 6.90. The molecule has 202 valence electrons. The molecule has 1 heterocycles. The lowest BCUT2D eigenvalue weighted by atomic mass is 10.0. The van der Waals surface area contributed by atoms with Crippen molar-refractivity contribution in [3.63, 3.8) is 0 Å². The quantitative estimate of drug-likeness (QED) is 0.111. The summed E-state index contributed by atoms with van der Waals surface area (Å²) >= 11 is 0. The number of phenolic OH excluding ortho intramolecular Hbond substituents is 1. The second-order valence-corrected chi connectivity index (χ2v) is 10.4. The van der Waals surface area contributed by atoms with Crippen molar-refractivity contribution < 1.29 is 22.6 Å². The van der Waals surface area contributed by atoms with Gasteiger partial charge in [0.15, 0.2) is 11.6 Å². The van der Waals surface area contributed by atoms with Crippen LogP contribution >= 0.6 is 0 Å². The number of hydrogen-bond acceptors (Lipinski definition) is 11. The Labute approximate surface area is 228 Å². The number of aryl methyl sites for hydroxylation is 3. The largest absolute Gasteiger partial charge is 0.505 e. The smallest absolute Gasteiger partial charge is 0.296 e. The van der Waals surface area contributed by atoms with E-state index in [-0.39, 0.29) is 33.7 Å². The number of nitrogen functional groups attached to an aromatic ring is 1. The van der Waals surface area contributed by atoms with Crippen molar-refractivity contribution in [1.29, 1.82) is 0 Å². The molecule has 40 heavy (non-hydrogen) atoms. The second kappa shape index (κ2) is 10.3. The van der Waals surface area contributed by atoms with Crippen molar-refractivity contribution in [3.05, 3.63) is 77.6 Å². The number of benzene rings is 4. The summed E-state index contributed by atoms with van der Waals surface area (Å²) in [6.07, 6.45) is 0. The van der Waals surface area contributed by atoms with Gasteiger partial charge in [0.05, 0.1) is 28.0 Å². The third kappa shape index (κ3) is 5.15. The van der Waals surface area contributed by atoms with E-state index in [2.05, 4.69) is 30.6 Å². The molecule has 12 nitrogen and oxygen atoms in total. The van der Waals surface area contributed by atoms with Crippen molar-refractivity contribution in [1.82, 2.24) is 10.1 Å². The molecular formula is C27H23N7O5S. The van der Waals surface area contributed by atoms with Crippen molar-refractivity contribution in [2.75, 3.05) is 5.73 Å². The zero-order valence-corrected chi connectivity index (χ0v) is 22.4. The first-order chi connectivity index (χ1) is 19.0. The van der Waals surface area contributed by atoms with E-state index in [0.29, 0.717) is 22.6 Å². The van der Waals surface area contributed by atoms with E-state index < -0.39 is 26.5 Å². The molecule has 0 saturated heterocycles. The van der Waals surface area contributed by atoms with Crippen LogP contribution < -0.4 is 5.73 Å². The first kappa shape index (κ1) is 26.6. The van der Waals surface area contributed by atoms with Gasteiger partial charge in [-0.1, -0.05) is 35.0 Å². The summed E-state index contributed by atoms with van der Waals surface area (Å²) in [6.45, 7) is 5.33. The second-order valence-electron chi connectivity index (χ2n) is 9.00. The predicted octanol–water partition coefficient (Wildman–Crippen LogP) is 7.18. The average molecular weight is 558 g/mol. The number of nitrogens with two attached hydrogens (primary N) is 1. The maximum Gasteiger partial charge on any atom is 0.296 e. The number of nitrogens with zero attached hydrogens (tertiary/aromatic N) is 6. The van der Waals surface area contributed by atoms with Crippen LogP contribution in [0.25, 0.3) is 22.2 Å². The molecule has 0 saturated carbocycles. The van der Waals surface area contributed by atoms with Crippen LogP contribution in [0.2, 0.25) is 0 Å². The lowest BCUT2D eigenvalue weighted by Crippen LogP contribution is -2.00. The number of fused-ring (bicyclic) bond motifs is 1. The molecule has 5 rings (SSSR count). The number of anilines is 1. The highest BCUT2D eigenvalue weighted by Gasteiger charge is 2.25. The van der Waals surface area contributed by atoms with Crippen LogP contribution in [0.1, 0.15) is 17.0 Å². The lowest BCUT2D eigenvalue weighted by Gasteiger charge is -2.13. The van der Waals surface area contributed by atoms with Gasteiger partial charge in [-0.2, -0.15) is 18.5 Å². The van der Waals surface area contributed by atoms with Crippen LogP contribution in [0.5, 0.6) is 5.75 Å². The fourth-order valence-electron chi connectivity index (χ4n) is 4.08. The van der Waals surface area contributed by atoms with Gasteiger partial charge in [-0.05, 0) is 68.1 Å².